The third-order valence-electron chi connectivity index (χ3n) is 7.48. The average molecular weight is 495 g/mol. The Kier molecular flexibility index (Phi) is 7.95. The van der Waals surface area contributed by atoms with Crippen molar-refractivity contribution in [1.29, 1.82) is 0 Å². The van der Waals surface area contributed by atoms with Gasteiger partial charge in [0.25, 0.3) is 0 Å². The second kappa shape index (κ2) is 11.7. The van der Waals surface area contributed by atoms with Crippen molar-refractivity contribution < 1.29 is 0 Å². The van der Waals surface area contributed by atoms with Crippen LogP contribution < -0.4 is 9.80 Å². The van der Waals surface area contributed by atoms with Crippen LogP contribution >= 0.6 is 0 Å². The van der Waals surface area contributed by atoms with E-state index in [-0.39, 0.29) is 0 Å². The number of hydrogen-bond donors (Lipinski definition) is 0. The van der Waals surface area contributed by atoms with Crippen LogP contribution in [-0.2, 0) is 6.54 Å². The summed E-state index contributed by atoms with van der Waals surface area (Å²) in [5, 5.41) is 0. The van der Waals surface area contributed by atoms with Crippen LogP contribution in [0.5, 0.6) is 0 Å². The zero-order valence-corrected chi connectivity index (χ0v) is 22.3. The lowest BCUT2D eigenvalue weighted by Gasteiger charge is -2.39. The third-order valence-corrected chi connectivity index (χ3v) is 7.48. The van der Waals surface area contributed by atoms with Crippen molar-refractivity contribution in [3.8, 4) is 0 Å². The Hall–Kier alpha value is -3.51. The van der Waals surface area contributed by atoms with Gasteiger partial charge in [0, 0.05) is 56.5 Å². The molecule has 0 amide bonds. The Morgan fingerprint density at radius 3 is 2.27 bits per heavy atom. The molecule has 0 aliphatic carbocycles. The molecule has 0 unspecified atom stereocenters. The number of para-hydroxylation sites is 2. The topological polar surface area (TPSA) is 48.4 Å². The SMILES string of the molecule is CC(C)CCN1CCC(N(Cc2ccc(N(C)c3ccncc3)cc2)c2cnc3ccccc3n2)CC1. The normalized spacial score (nSPS) is 14.8. The summed E-state index contributed by atoms with van der Waals surface area (Å²) in [7, 11) is 2.09. The van der Waals surface area contributed by atoms with Gasteiger partial charge in [-0.3, -0.25) is 9.97 Å². The lowest BCUT2D eigenvalue weighted by atomic mass is 10.0. The molecule has 3 heterocycles. The van der Waals surface area contributed by atoms with Crippen molar-refractivity contribution in [2.24, 2.45) is 5.92 Å². The lowest BCUT2D eigenvalue weighted by Crippen LogP contribution is -2.45. The molecule has 0 spiro atoms. The van der Waals surface area contributed by atoms with Crippen LogP contribution in [0.1, 0.15) is 38.7 Å². The minimum atomic E-state index is 0.449. The van der Waals surface area contributed by atoms with E-state index in [9.17, 15) is 0 Å². The van der Waals surface area contributed by atoms with Gasteiger partial charge in [0.15, 0.2) is 0 Å². The van der Waals surface area contributed by atoms with Gasteiger partial charge in [-0.1, -0.05) is 38.1 Å². The Morgan fingerprint density at radius 1 is 0.892 bits per heavy atom. The Morgan fingerprint density at radius 2 is 1.57 bits per heavy atom. The van der Waals surface area contributed by atoms with Crippen LogP contribution in [0.2, 0.25) is 0 Å². The summed E-state index contributed by atoms with van der Waals surface area (Å²) >= 11 is 0. The summed E-state index contributed by atoms with van der Waals surface area (Å²) < 4.78 is 0. The smallest absolute Gasteiger partial charge is 0.148 e. The quantitative estimate of drug-likeness (QED) is 0.272. The van der Waals surface area contributed by atoms with Gasteiger partial charge < -0.3 is 14.7 Å². The largest absolute Gasteiger partial charge is 0.348 e. The van der Waals surface area contributed by atoms with E-state index in [0.717, 1.165) is 66.6 Å². The maximum atomic E-state index is 5.05. The maximum absolute atomic E-state index is 5.05. The third kappa shape index (κ3) is 6.25. The van der Waals surface area contributed by atoms with Gasteiger partial charge in [0.1, 0.15) is 5.82 Å². The fourth-order valence-corrected chi connectivity index (χ4v) is 5.12. The number of benzene rings is 2. The number of hydrogen-bond acceptors (Lipinski definition) is 6. The Balaban J connectivity index is 1.35. The number of anilines is 3. The molecule has 0 radical (unpaired) electrons. The van der Waals surface area contributed by atoms with Crippen LogP contribution in [-0.4, -0.2) is 52.6 Å². The van der Waals surface area contributed by atoms with E-state index in [4.69, 9.17) is 9.97 Å². The van der Waals surface area contributed by atoms with E-state index < -0.39 is 0 Å². The predicted molar refractivity (Wildman–Crippen MR) is 153 cm³/mol. The molecule has 1 fully saturated rings. The van der Waals surface area contributed by atoms with Gasteiger partial charge in [-0.2, -0.15) is 0 Å². The van der Waals surface area contributed by atoms with E-state index in [1.165, 1.54) is 18.5 Å². The van der Waals surface area contributed by atoms with Crippen molar-refractivity contribution in [2.45, 2.75) is 45.7 Å². The highest BCUT2D eigenvalue weighted by Crippen LogP contribution is 2.28. The molecule has 4 aromatic rings. The van der Waals surface area contributed by atoms with Gasteiger partial charge in [0.2, 0.25) is 0 Å². The molecule has 0 atom stereocenters. The summed E-state index contributed by atoms with van der Waals surface area (Å²) in [6.45, 7) is 8.94. The molecule has 2 aromatic heterocycles. The van der Waals surface area contributed by atoms with E-state index >= 15 is 0 Å². The molecule has 192 valence electrons. The number of pyridine rings is 1. The summed E-state index contributed by atoms with van der Waals surface area (Å²) in [5.41, 5.74) is 5.46. The van der Waals surface area contributed by atoms with Crippen LogP contribution in [0.25, 0.3) is 11.0 Å². The zero-order chi connectivity index (χ0) is 25.6. The van der Waals surface area contributed by atoms with Crippen LogP contribution in [0, 0.1) is 5.92 Å². The minimum absolute atomic E-state index is 0.449. The van der Waals surface area contributed by atoms with Gasteiger partial charge in [-0.25, -0.2) is 4.98 Å². The maximum Gasteiger partial charge on any atom is 0.148 e. The molecule has 0 bridgehead atoms. The van der Waals surface area contributed by atoms with Crippen LogP contribution in [0.4, 0.5) is 17.2 Å². The molecular formula is C31H38N6. The summed E-state index contributed by atoms with van der Waals surface area (Å²) in [4.78, 5) is 21.2. The first kappa shape index (κ1) is 25.2. The highest BCUT2D eigenvalue weighted by atomic mass is 15.2. The van der Waals surface area contributed by atoms with Crippen molar-refractivity contribution in [1.82, 2.24) is 19.9 Å². The first-order chi connectivity index (χ1) is 18.1. The van der Waals surface area contributed by atoms with Gasteiger partial charge in [0.05, 0.1) is 17.2 Å². The molecule has 5 rings (SSSR count). The van der Waals surface area contributed by atoms with Gasteiger partial charge in [-0.15, -0.1) is 0 Å². The first-order valence-electron chi connectivity index (χ1n) is 13.5. The molecule has 1 saturated heterocycles. The monoisotopic (exact) mass is 494 g/mol. The number of likely N-dealkylation sites (tertiary alicyclic amines) is 1. The van der Waals surface area contributed by atoms with Crippen molar-refractivity contribution in [2.75, 3.05) is 36.5 Å². The molecule has 6 heteroatoms. The summed E-state index contributed by atoms with van der Waals surface area (Å²) in [6.07, 6.45) is 9.18. The predicted octanol–water partition coefficient (Wildman–Crippen LogP) is 6.31. The molecule has 37 heavy (non-hydrogen) atoms. The van der Waals surface area contributed by atoms with Gasteiger partial charge in [-0.05, 0) is 73.7 Å². The van der Waals surface area contributed by atoms with Gasteiger partial charge >= 0.3 is 0 Å². The second-order valence-electron chi connectivity index (χ2n) is 10.5. The summed E-state index contributed by atoms with van der Waals surface area (Å²) in [5.74, 6) is 1.72. The lowest BCUT2D eigenvalue weighted by molar-refractivity contribution is 0.198. The van der Waals surface area contributed by atoms with Crippen LogP contribution in [0.3, 0.4) is 0 Å². The molecule has 2 aromatic carbocycles. The summed E-state index contributed by atoms with van der Waals surface area (Å²) in [6, 6.07) is 21.5. The van der Waals surface area contributed by atoms with Crippen LogP contribution in [0.15, 0.2) is 79.3 Å². The number of fused-ring (bicyclic) bond motifs is 1. The zero-order valence-electron chi connectivity index (χ0n) is 22.3. The highest BCUT2D eigenvalue weighted by molar-refractivity contribution is 5.75. The highest BCUT2D eigenvalue weighted by Gasteiger charge is 2.26. The Labute approximate surface area is 221 Å². The van der Waals surface area contributed by atoms with Crippen molar-refractivity contribution >= 4 is 28.2 Å². The fraction of sp³-hybridized carbons (Fsp3) is 0.387. The number of piperidine rings is 1. The number of nitrogens with zero attached hydrogens (tertiary/aromatic N) is 6. The molecule has 0 N–H and O–H groups in total. The molecular weight excluding hydrogens is 456 g/mol. The molecule has 1 aliphatic heterocycles. The van der Waals surface area contributed by atoms with Crippen molar-refractivity contribution in [3.05, 3.63) is 84.8 Å². The minimum Gasteiger partial charge on any atom is -0.348 e. The molecule has 0 saturated carbocycles. The fourth-order valence-electron chi connectivity index (χ4n) is 5.12. The molecule has 6 nitrogen and oxygen atoms in total. The van der Waals surface area contributed by atoms with E-state index in [1.807, 2.05) is 48.9 Å². The standard InChI is InChI=1S/C31H38N6/c1-24(2)14-19-36-20-15-28(16-21-36)37(31-22-33-29-6-4-5-7-30(29)34-31)23-25-8-10-26(11-9-25)35(3)27-12-17-32-18-13-27/h4-13,17-18,22,24,28H,14-16,19-21,23H2,1-3H3. The number of aromatic nitrogens is 3. The number of rotatable bonds is 9. The van der Waals surface area contributed by atoms with E-state index in [0.29, 0.717) is 6.04 Å². The first-order valence-corrected chi connectivity index (χ1v) is 13.5. The molecule has 1 aliphatic rings. The van der Waals surface area contributed by atoms with E-state index in [2.05, 4.69) is 70.9 Å². The average Bonchev–Trinajstić information content (AvgIpc) is 2.95. The van der Waals surface area contributed by atoms with E-state index in [1.54, 1.807) is 0 Å². The Bertz CT molecular complexity index is 1270. The van der Waals surface area contributed by atoms with Crippen molar-refractivity contribution in [3.63, 3.8) is 0 Å². The second-order valence-corrected chi connectivity index (χ2v) is 10.5.